The van der Waals surface area contributed by atoms with Crippen LogP contribution in [-0.2, 0) is 11.3 Å². The average molecular weight is 314 g/mol. The summed E-state index contributed by atoms with van der Waals surface area (Å²) in [5.74, 6) is -0.471. The molecule has 1 aliphatic heterocycles. The normalized spacial score (nSPS) is 16.1. The molecule has 1 heterocycles. The first-order valence-corrected chi connectivity index (χ1v) is 7.18. The molecule has 0 aliphatic carbocycles. The van der Waals surface area contributed by atoms with E-state index in [9.17, 15) is 14.0 Å². The van der Waals surface area contributed by atoms with Crippen LogP contribution in [0.2, 0.25) is 0 Å². The highest BCUT2D eigenvalue weighted by atomic mass is 19.1. The summed E-state index contributed by atoms with van der Waals surface area (Å²) in [6.07, 6.45) is -0.566. The van der Waals surface area contributed by atoms with Gasteiger partial charge < -0.3 is 15.4 Å². The lowest BCUT2D eigenvalue weighted by atomic mass is 10.1. The fourth-order valence-corrected chi connectivity index (χ4v) is 2.27. The average Bonchev–Trinajstić information content (AvgIpc) is 2.54. The van der Waals surface area contributed by atoms with E-state index < -0.39 is 6.10 Å². The number of nitrogens with one attached hydrogen (secondary N) is 2. The lowest BCUT2D eigenvalue weighted by Gasteiger charge is -2.23. The van der Waals surface area contributed by atoms with Gasteiger partial charge in [-0.25, -0.2) is 4.39 Å². The molecule has 0 bridgehead atoms. The molecule has 2 amide bonds. The topological polar surface area (TPSA) is 67.4 Å². The minimum atomic E-state index is -0.566. The molecule has 0 aromatic heterocycles. The molecule has 0 radical (unpaired) electrons. The molecule has 0 spiro atoms. The highest BCUT2D eigenvalue weighted by Crippen LogP contribution is 2.30. The van der Waals surface area contributed by atoms with E-state index in [0.29, 0.717) is 22.6 Å². The quantitative estimate of drug-likeness (QED) is 0.914. The van der Waals surface area contributed by atoms with Crippen molar-refractivity contribution in [2.24, 2.45) is 0 Å². The molecule has 6 heteroatoms. The molecule has 1 aliphatic rings. The van der Waals surface area contributed by atoms with Crippen LogP contribution in [0.15, 0.2) is 42.5 Å². The van der Waals surface area contributed by atoms with Crippen molar-refractivity contribution in [2.75, 3.05) is 5.32 Å². The number of amides is 2. The first-order valence-electron chi connectivity index (χ1n) is 7.18. The number of fused-ring (bicyclic) bond motifs is 1. The van der Waals surface area contributed by atoms with Crippen LogP contribution in [0.4, 0.5) is 10.1 Å². The van der Waals surface area contributed by atoms with E-state index in [2.05, 4.69) is 10.6 Å². The standard InChI is InChI=1S/C17H15FN2O3/c1-10-16(21)20-14-8-11(6-7-15(14)23-10)17(22)19-9-12-4-2-3-5-13(12)18/h2-8,10H,9H2,1H3,(H,19,22)(H,20,21). The number of hydrogen-bond donors (Lipinski definition) is 2. The van der Waals surface area contributed by atoms with Crippen molar-refractivity contribution in [1.29, 1.82) is 0 Å². The van der Waals surface area contributed by atoms with E-state index in [1.807, 2.05) is 0 Å². The summed E-state index contributed by atoms with van der Waals surface area (Å²) in [5.41, 5.74) is 1.22. The molecule has 5 nitrogen and oxygen atoms in total. The SMILES string of the molecule is CC1Oc2ccc(C(=O)NCc3ccccc3F)cc2NC1=O. The van der Waals surface area contributed by atoms with E-state index in [0.717, 1.165) is 0 Å². The molecule has 0 saturated heterocycles. The number of carbonyl (C=O) groups excluding carboxylic acids is 2. The molecule has 1 unspecified atom stereocenters. The molecule has 23 heavy (non-hydrogen) atoms. The third-order valence-corrected chi connectivity index (χ3v) is 3.57. The van der Waals surface area contributed by atoms with Gasteiger partial charge in [-0.2, -0.15) is 0 Å². The molecule has 2 aromatic rings. The highest BCUT2D eigenvalue weighted by molar-refractivity contribution is 6.00. The van der Waals surface area contributed by atoms with Gasteiger partial charge in [-0.1, -0.05) is 18.2 Å². The number of benzene rings is 2. The zero-order valence-corrected chi connectivity index (χ0v) is 12.4. The third kappa shape index (κ3) is 3.15. The molecule has 0 saturated carbocycles. The lowest BCUT2D eigenvalue weighted by Crippen LogP contribution is -2.34. The highest BCUT2D eigenvalue weighted by Gasteiger charge is 2.24. The monoisotopic (exact) mass is 314 g/mol. The van der Waals surface area contributed by atoms with E-state index in [1.54, 1.807) is 37.3 Å². The number of hydrogen-bond acceptors (Lipinski definition) is 3. The first kappa shape index (κ1) is 15.0. The zero-order chi connectivity index (χ0) is 16.4. The van der Waals surface area contributed by atoms with Crippen molar-refractivity contribution in [3.8, 4) is 5.75 Å². The van der Waals surface area contributed by atoms with E-state index in [1.165, 1.54) is 12.1 Å². The van der Waals surface area contributed by atoms with Crippen LogP contribution < -0.4 is 15.4 Å². The van der Waals surface area contributed by atoms with Gasteiger partial charge in [0.25, 0.3) is 11.8 Å². The van der Waals surface area contributed by atoms with Gasteiger partial charge in [0.15, 0.2) is 6.10 Å². The van der Waals surface area contributed by atoms with Crippen molar-refractivity contribution in [3.63, 3.8) is 0 Å². The van der Waals surface area contributed by atoms with Gasteiger partial charge in [0.05, 0.1) is 5.69 Å². The number of ether oxygens (including phenoxy) is 1. The number of rotatable bonds is 3. The van der Waals surface area contributed by atoms with Gasteiger partial charge in [-0.15, -0.1) is 0 Å². The summed E-state index contributed by atoms with van der Waals surface area (Å²) in [6.45, 7) is 1.73. The second kappa shape index (κ2) is 6.08. The van der Waals surface area contributed by atoms with Gasteiger partial charge in [-0.05, 0) is 31.2 Å². The van der Waals surface area contributed by atoms with E-state index >= 15 is 0 Å². The summed E-state index contributed by atoms with van der Waals surface area (Å²) in [5, 5.41) is 5.33. The molecule has 118 valence electrons. The summed E-state index contributed by atoms with van der Waals surface area (Å²) in [4.78, 5) is 23.8. The Labute approximate surface area is 132 Å². The van der Waals surface area contributed by atoms with E-state index in [4.69, 9.17) is 4.74 Å². The van der Waals surface area contributed by atoms with E-state index in [-0.39, 0.29) is 24.2 Å². The Bertz CT molecular complexity index is 776. The Morgan fingerprint density at radius 3 is 2.87 bits per heavy atom. The fraction of sp³-hybridized carbons (Fsp3) is 0.176. The Balaban J connectivity index is 1.72. The Morgan fingerprint density at radius 2 is 2.09 bits per heavy atom. The van der Waals surface area contributed by atoms with Gasteiger partial charge in [-0.3, -0.25) is 9.59 Å². The summed E-state index contributed by atoms with van der Waals surface area (Å²) in [7, 11) is 0. The lowest BCUT2D eigenvalue weighted by molar-refractivity contribution is -0.122. The Kier molecular flexibility index (Phi) is 3.97. The van der Waals surface area contributed by atoms with Gasteiger partial charge >= 0.3 is 0 Å². The first-order chi connectivity index (χ1) is 11.0. The summed E-state index contributed by atoms with van der Waals surface area (Å²) in [6, 6.07) is 11.0. The fourth-order valence-electron chi connectivity index (χ4n) is 2.27. The minimum Gasteiger partial charge on any atom is -0.479 e. The molecule has 0 fully saturated rings. The van der Waals surface area contributed by atoms with Gasteiger partial charge in [0.2, 0.25) is 0 Å². The number of halogens is 1. The number of carbonyl (C=O) groups is 2. The third-order valence-electron chi connectivity index (χ3n) is 3.57. The van der Waals surface area contributed by atoms with Gasteiger partial charge in [0, 0.05) is 17.7 Å². The number of anilines is 1. The summed E-state index contributed by atoms with van der Waals surface area (Å²) >= 11 is 0. The second-order valence-corrected chi connectivity index (χ2v) is 5.23. The molecule has 3 rings (SSSR count). The van der Waals surface area contributed by atoms with Crippen molar-refractivity contribution in [1.82, 2.24) is 5.32 Å². The predicted octanol–water partition coefficient (Wildman–Crippen LogP) is 2.48. The Hall–Kier alpha value is -2.89. The molecule has 1 atom stereocenters. The van der Waals surface area contributed by atoms with Crippen molar-refractivity contribution in [3.05, 3.63) is 59.4 Å². The maximum atomic E-state index is 13.5. The van der Waals surface area contributed by atoms with Crippen LogP contribution in [0, 0.1) is 5.82 Å². The van der Waals surface area contributed by atoms with Crippen LogP contribution >= 0.6 is 0 Å². The van der Waals surface area contributed by atoms with Crippen LogP contribution in [0.25, 0.3) is 0 Å². The maximum Gasteiger partial charge on any atom is 0.265 e. The second-order valence-electron chi connectivity index (χ2n) is 5.23. The summed E-state index contributed by atoms with van der Waals surface area (Å²) < 4.78 is 19.0. The Morgan fingerprint density at radius 1 is 1.30 bits per heavy atom. The minimum absolute atomic E-state index is 0.0858. The van der Waals surface area contributed by atoms with Crippen LogP contribution in [0.5, 0.6) is 5.75 Å². The predicted molar refractivity (Wildman–Crippen MR) is 82.7 cm³/mol. The van der Waals surface area contributed by atoms with Crippen molar-refractivity contribution >= 4 is 17.5 Å². The molecule has 2 N–H and O–H groups in total. The van der Waals surface area contributed by atoms with Crippen LogP contribution in [0.3, 0.4) is 0 Å². The maximum absolute atomic E-state index is 13.5. The zero-order valence-electron chi connectivity index (χ0n) is 12.4. The van der Waals surface area contributed by atoms with Crippen LogP contribution in [-0.4, -0.2) is 17.9 Å². The smallest absolute Gasteiger partial charge is 0.265 e. The van der Waals surface area contributed by atoms with Crippen molar-refractivity contribution < 1.29 is 18.7 Å². The largest absolute Gasteiger partial charge is 0.479 e. The van der Waals surface area contributed by atoms with Gasteiger partial charge in [0.1, 0.15) is 11.6 Å². The molecule has 2 aromatic carbocycles. The van der Waals surface area contributed by atoms with Crippen molar-refractivity contribution in [2.45, 2.75) is 19.6 Å². The molecular formula is C17H15FN2O3. The molecular weight excluding hydrogens is 299 g/mol. The van der Waals surface area contributed by atoms with Crippen LogP contribution in [0.1, 0.15) is 22.8 Å².